The second-order valence-corrected chi connectivity index (χ2v) is 4.38. The van der Waals surface area contributed by atoms with E-state index in [-0.39, 0.29) is 24.0 Å². The van der Waals surface area contributed by atoms with Crippen LogP contribution in [0.15, 0.2) is 30.3 Å². The van der Waals surface area contributed by atoms with Crippen molar-refractivity contribution in [3.8, 4) is 0 Å². The number of ketones is 1. The Bertz CT molecular complexity index is 371. The van der Waals surface area contributed by atoms with Crippen LogP contribution in [0.5, 0.6) is 0 Å². The van der Waals surface area contributed by atoms with Crippen molar-refractivity contribution < 1.29 is 9.59 Å². The van der Waals surface area contributed by atoms with Crippen LogP contribution in [0.3, 0.4) is 0 Å². The van der Waals surface area contributed by atoms with Gasteiger partial charge < -0.3 is 5.32 Å². The van der Waals surface area contributed by atoms with Crippen molar-refractivity contribution >= 4 is 11.7 Å². The molecule has 0 saturated heterocycles. The number of carbonyl (C=O) groups excluding carboxylic acids is 2. The number of hydrogen-bond acceptors (Lipinski definition) is 2. The molecule has 0 fully saturated rings. The molecule has 1 amide bonds. The SMILES string of the molecule is CC(C)C(=O)CCC(=O)NCc1ccccc1. The highest BCUT2D eigenvalue weighted by Crippen LogP contribution is 2.02. The van der Waals surface area contributed by atoms with Gasteiger partial charge in [0.05, 0.1) is 0 Å². The van der Waals surface area contributed by atoms with Crippen LogP contribution >= 0.6 is 0 Å². The van der Waals surface area contributed by atoms with E-state index in [0.29, 0.717) is 13.0 Å². The Labute approximate surface area is 102 Å². The predicted octanol–water partition coefficient (Wildman–Crippen LogP) is 2.31. The quantitative estimate of drug-likeness (QED) is 0.819. The number of nitrogens with one attached hydrogen (secondary N) is 1. The minimum absolute atomic E-state index is 0.0110. The Morgan fingerprint density at radius 2 is 1.76 bits per heavy atom. The number of amides is 1. The molecule has 0 radical (unpaired) electrons. The van der Waals surface area contributed by atoms with Crippen molar-refractivity contribution in [2.24, 2.45) is 5.92 Å². The van der Waals surface area contributed by atoms with Crippen LogP contribution in [-0.2, 0) is 16.1 Å². The maximum atomic E-state index is 11.5. The molecule has 1 rings (SSSR count). The summed E-state index contributed by atoms with van der Waals surface area (Å²) in [5.74, 6) is 0.0830. The van der Waals surface area contributed by atoms with Gasteiger partial charge in [-0.15, -0.1) is 0 Å². The molecule has 0 aromatic heterocycles. The molecule has 3 nitrogen and oxygen atoms in total. The second kappa shape index (κ2) is 6.84. The largest absolute Gasteiger partial charge is 0.352 e. The Morgan fingerprint density at radius 3 is 2.35 bits per heavy atom. The third-order valence-corrected chi connectivity index (χ3v) is 2.57. The number of carbonyl (C=O) groups is 2. The first-order chi connectivity index (χ1) is 8.09. The van der Waals surface area contributed by atoms with Gasteiger partial charge in [-0.3, -0.25) is 9.59 Å². The lowest BCUT2D eigenvalue weighted by Crippen LogP contribution is -2.23. The van der Waals surface area contributed by atoms with Crippen LogP contribution in [0, 0.1) is 5.92 Å². The maximum Gasteiger partial charge on any atom is 0.220 e. The van der Waals surface area contributed by atoms with Crippen molar-refractivity contribution in [3.05, 3.63) is 35.9 Å². The molecule has 0 spiro atoms. The van der Waals surface area contributed by atoms with Gasteiger partial charge >= 0.3 is 0 Å². The summed E-state index contributed by atoms with van der Waals surface area (Å²) in [7, 11) is 0. The molecule has 3 heteroatoms. The molecule has 0 heterocycles. The number of hydrogen-bond donors (Lipinski definition) is 1. The zero-order valence-corrected chi connectivity index (χ0v) is 10.4. The van der Waals surface area contributed by atoms with E-state index >= 15 is 0 Å². The molecule has 0 aliphatic heterocycles. The molecule has 1 aromatic rings. The average molecular weight is 233 g/mol. The Balaban J connectivity index is 2.24. The Morgan fingerprint density at radius 1 is 1.12 bits per heavy atom. The van der Waals surface area contributed by atoms with Crippen LogP contribution in [0.2, 0.25) is 0 Å². The predicted molar refractivity (Wildman–Crippen MR) is 67.4 cm³/mol. The van der Waals surface area contributed by atoms with Gasteiger partial charge in [-0.05, 0) is 5.56 Å². The fourth-order valence-electron chi connectivity index (χ4n) is 1.41. The van der Waals surface area contributed by atoms with Crippen LogP contribution in [0.1, 0.15) is 32.3 Å². The van der Waals surface area contributed by atoms with Crippen molar-refractivity contribution in [1.29, 1.82) is 0 Å². The highest BCUT2D eigenvalue weighted by atomic mass is 16.2. The molecule has 0 aliphatic rings. The van der Waals surface area contributed by atoms with E-state index in [2.05, 4.69) is 5.32 Å². The fraction of sp³-hybridized carbons (Fsp3) is 0.429. The zero-order valence-electron chi connectivity index (χ0n) is 10.4. The molecule has 0 aliphatic carbocycles. The lowest BCUT2D eigenvalue weighted by Gasteiger charge is -2.06. The van der Waals surface area contributed by atoms with E-state index in [1.165, 1.54) is 0 Å². The maximum absolute atomic E-state index is 11.5. The van der Waals surface area contributed by atoms with E-state index in [9.17, 15) is 9.59 Å². The van der Waals surface area contributed by atoms with Gasteiger partial charge in [0.15, 0.2) is 0 Å². The molecular formula is C14H19NO2. The standard InChI is InChI=1S/C14H19NO2/c1-11(2)13(16)8-9-14(17)15-10-12-6-4-3-5-7-12/h3-7,11H,8-10H2,1-2H3,(H,15,17). The summed E-state index contributed by atoms with van der Waals surface area (Å²) in [6, 6.07) is 9.72. The third-order valence-electron chi connectivity index (χ3n) is 2.57. The summed E-state index contributed by atoms with van der Waals surface area (Å²) in [6.45, 7) is 4.23. The Hall–Kier alpha value is -1.64. The fourth-order valence-corrected chi connectivity index (χ4v) is 1.41. The van der Waals surface area contributed by atoms with E-state index < -0.39 is 0 Å². The van der Waals surface area contributed by atoms with Gasteiger partial charge in [0.1, 0.15) is 5.78 Å². The Kier molecular flexibility index (Phi) is 5.40. The second-order valence-electron chi connectivity index (χ2n) is 4.38. The van der Waals surface area contributed by atoms with Crippen molar-refractivity contribution in [1.82, 2.24) is 5.32 Å². The van der Waals surface area contributed by atoms with Gasteiger partial charge in [0.25, 0.3) is 0 Å². The molecule has 92 valence electrons. The van der Waals surface area contributed by atoms with Crippen molar-refractivity contribution in [3.63, 3.8) is 0 Å². The summed E-state index contributed by atoms with van der Waals surface area (Å²) in [5.41, 5.74) is 1.07. The van der Waals surface area contributed by atoms with Crippen LogP contribution < -0.4 is 5.32 Å². The first kappa shape index (κ1) is 13.4. The van der Waals surface area contributed by atoms with Crippen LogP contribution in [0.4, 0.5) is 0 Å². The lowest BCUT2D eigenvalue weighted by molar-refractivity contribution is -0.126. The van der Waals surface area contributed by atoms with E-state index in [0.717, 1.165) is 5.56 Å². The van der Waals surface area contributed by atoms with Gasteiger partial charge in [0.2, 0.25) is 5.91 Å². The van der Waals surface area contributed by atoms with Gasteiger partial charge in [-0.2, -0.15) is 0 Å². The van der Waals surface area contributed by atoms with Gasteiger partial charge in [-0.25, -0.2) is 0 Å². The average Bonchev–Trinajstić information content (AvgIpc) is 2.34. The minimum atomic E-state index is -0.0668. The lowest BCUT2D eigenvalue weighted by atomic mass is 10.0. The molecule has 0 saturated carbocycles. The summed E-state index contributed by atoms with van der Waals surface area (Å²) in [4.78, 5) is 22.8. The van der Waals surface area contributed by atoms with Crippen molar-refractivity contribution in [2.45, 2.75) is 33.2 Å². The number of Topliss-reactive ketones (excluding diaryl/α,β-unsaturated/α-hetero) is 1. The van der Waals surface area contributed by atoms with Gasteiger partial charge in [0, 0.05) is 25.3 Å². The minimum Gasteiger partial charge on any atom is -0.352 e. The highest BCUT2D eigenvalue weighted by molar-refractivity contribution is 5.85. The number of rotatable bonds is 6. The summed E-state index contributed by atoms with van der Waals surface area (Å²) in [5, 5.41) is 2.80. The monoisotopic (exact) mass is 233 g/mol. The first-order valence-electron chi connectivity index (χ1n) is 5.93. The van der Waals surface area contributed by atoms with E-state index in [1.807, 2.05) is 44.2 Å². The summed E-state index contributed by atoms with van der Waals surface area (Å²) >= 11 is 0. The molecule has 0 bridgehead atoms. The van der Waals surface area contributed by atoms with Crippen molar-refractivity contribution in [2.75, 3.05) is 0 Å². The normalized spacial score (nSPS) is 10.3. The molecule has 1 N–H and O–H groups in total. The van der Waals surface area contributed by atoms with E-state index in [1.54, 1.807) is 0 Å². The first-order valence-corrected chi connectivity index (χ1v) is 5.93. The highest BCUT2D eigenvalue weighted by Gasteiger charge is 2.09. The van der Waals surface area contributed by atoms with Gasteiger partial charge in [-0.1, -0.05) is 44.2 Å². The summed E-state index contributed by atoms with van der Waals surface area (Å²) < 4.78 is 0. The molecule has 0 unspecified atom stereocenters. The smallest absolute Gasteiger partial charge is 0.220 e. The van der Waals surface area contributed by atoms with E-state index in [4.69, 9.17) is 0 Å². The van der Waals surface area contributed by atoms with Crippen LogP contribution in [0.25, 0.3) is 0 Å². The topological polar surface area (TPSA) is 46.2 Å². The molecule has 1 aromatic carbocycles. The van der Waals surface area contributed by atoms with Crippen LogP contribution in [-0.4, -0.2) is 11.7 Å². The molecular weight excluding hydrogens is 214 g/mol. The zero-order chi connectivity index (χ0) is 12.7. The number of benzene rings is 1. The molecule has 0 atom stereocenters. The summed E-state index contributed by atoms with van der Waals surface area (Å²) in [6.07, 6.45) is 0.613. The molecule has 17 heavy (non-hydrogen) atoms. The third kappa shape index (κ3) is 5.29.